The molecule has 1 nitrogen and oxygen atoms in total. The van der Waals surface area contributed by atoms with Crippen molar-refractivity contribution in [3.63, 3.8) is 0 Å². The third-order valence-electron chi connectivity index (χ3n) is 2.72. The lowest BCUT2D eigenvalue weighted by molar-refractivity contribution is 0.266. The number of thiophene rings is 1. The molecule has 1 aliphatic carbocycles. The Kier molecular flexibility index (Phi) is 1.55. The molecule has 60 valence electrons. The molecule has 0 aromatic carbocycles. The molecule has 0 bridgehead atoms. The lowest BCUT2D eigenvalue weighted by Crippen LogP contribution is -2.03. The number of hydrogen-bond acceptors (Lipinski definition) is 2. The maximum Gasteiger partial charge on any atom is 0.0468 e. The molecule has 1 aliphatic rings. The Balaban J connectivity index is 2.19. The smallest absolute Gasteiger partial charge is 0.0468 e. The van der Waals surface area contributed by atoms with E-state index in [1.165, 1.54) is 4.88 Å². The van der Waals surface area contributed by atoms with E-state index < -0.39 is 0 Å². The zero-order chi connectivity index (χ0) is 7.90. The summed E-state index contributed by atoms with van der Waals surface area (Å²) in [6.07, 6.45) is 1.16. The highest BCUT2D eigenvalue weighted by atomic mass is 32.1. The summed E-state index contributed by atoms with van der Waals surface area (Å²) < 4.78 is 0. The normalized spacial score (nSPS) is 35.6. The van der Waals surface area contributed by atoms with Gasteiger partial charge in [-0.05, 0) is 23.8 Å². The summed E-state index contributed by atoms with van der Waals surface area (Å²) in [6, 6.07) is 4.25. The van der Waals surface area contributed by atoms with Gasteiger partial charge in [-0.1, -0.05) is 13.0 Å². The van der Waals surface area contributed by atoms with E-state index in [1.54, 1.807) is 11.3 Å². The Morgan fingerprint density at radius 1 is 1.82 bits per heavy atom. The van der Waals surface area contributed by atoms with Gasteiger partial charge in [0.15, 0.2) is 0 Å². The van der Waals surface area contributed by atoms with Gasteiger partial charge >= 0.3 is 0 Å². The van der Waals surface area contributed by atoms with Crippen LogP contribution in [0.3, 0.4) is 0 Å². The molecule has 0 saturated heterocycles. The molecular weight excluding hydrogens is 156 g/mol. The van der Waals surface area contributed by atoms with Crippen molar-refractivity contribution >= 4 is 11.3 Å². The van der Waals surface area contributed by atoms with Gasteiger partial charge in [0.2, 0.25) is 0 Å². The minimum absolute atomic E-state index is 0.308. The number of aliphatic hydroxyl groups excluding tert-OH is 1. The molecule has 11 heavy (non-hydrogen) atoms. The molecule has 0 amide bonds. The Bertz CT molecular complexity index is 242. The van der Waals surface area contributed by atoms with Crippen molar-refractivity contribution in [2.45, 2.75) is 18.8 Å². The molecule has 2 heteroatoms. The fourth-order valence-electron chi connectivity index (χ4n) is 1.62. The van der Waals surface area contributed by atoms with Crippen LogP contribution in [0.5, 0.6) is 0 Å². The van der Waals surface area contributed by atoms with E-state index in [-0.39, 0.29) is 0 Å². The van der Waals surface area contributed by atoms with Gasteiger partial charge in [0.05, 0.1) is 0 Å². The summed E-state index contributed by atoms with van der Waals surface area (Å²) >= 11 is 1.80. The fraction of sp³-hybridized carbons (Fsp3) is 0.556. The molecule has 1 N–H and O–H groups in total. The molecular formula is C9H12OS. The summed E-state index contributed by atoms with van der Waals surface area (Å²) in [7, 11) is 0. The molecule has 1 heterocycles. The monoisotopic (exact) mass is 168 g/mol. The standard InChI is InChI=1S/C9H12OS/c1-9(5-7(9)6-10)8-3-2-4-11-8/h2-4,7,10H,5-6H2,1H3/t7-,9+/m1/s1. The topological polar surface area (TPSA) is 20.2 Å². The average Bonchev–Trinajstić information content (AvgIpc) is 2.55. The number of aliphatic hydroxyl groups is 1. The number of hydrogen-bond donors (Lipinski definition) is 1. The van der Waals surface area contributed by atoms with Crippen molar-refractivity contribution in [2.75, 3.05) is 6.61 Å². The average molecular weight is 168 g/mol. The first-order chi connectivity index (χ1) is 5.27. The predicted octanol–water partition coefficient (Wildman–Crippen LogP) is 2.02. The van der Waals surface area contributed by atoms with Crippen LogP contribution in [0.1, 0.15) is 18.2 Å². The third-order valence-corrected chi connectivity index (χ3v) is 3.87. The van der Waals surface area contributed by atoms with E-state index in [9.17, 15) is 0 Å². The van der Waals surface area contributed by atoms with Crippen molar-refractivity contribution in [3.05, 3.63) is 22.4 Å². The first-order valence-corrected chi connectivity index (χ1v) is 4.80. The minimum atomic E-state index is 0.308. The molecule has 1 aromatic heterocycles. The molecule has 0 spiro atoms. The lowest BCUT2D eigenvalue weighted by Gasteiger charge is -2.05. The lowest BCUT2D eigenvalue weighted by atomic mass is 10.1. The summed E-state index contributed by atoms with van der Waals surface area (Å²) in [5, 5.41) is 11.0. The quantitative estimate of drug-likeness (QED) is 0.716. The molecule has 2 atom stereocenters. The minimum Gasteiger partial charge on any atom is -0.396 e. The van der Waals surface area contributed by atoms with Gasteiger partial charge in [-0.25, -0.2) is 0 Å². The van der Waals surface area contributed by atoms with Crippen LogP contribution >= 0.6 is 11.3 Å². The summed E-state index contributed by atoms with van der Waals surface area (Å²) in [5.74, 6) is 0.515. The highest BCUT2D eigenvalue weighted by Gasteiger charge is 2.51. The van der Waals surface area contributed by atoms with Crippen molar-refractivity contribution in [2.24, 2.45) is 5.92 Å². The van der Waals surface area contributed by atoms with Crippen LogP contribution in [0.4, 0.5) is 0 Å². The third kappa shape index (κ3) is 1.01. The Morgan fingerprint density at radius 3 is 3.09 bits per heavy atom. The SMILES string of the molecule is C[C@]1(c2cccs2)C[C@@H]1CO. The van der Waals surface area contributed by atoms with Gasteiger partial charge < -0.3 is 5.11 Å². The molecule has 0 radical (unpaired) electrons. The van der Waals surface area contributed by atoms with Crippen LogP contribution in [0.2, 0.25) is 0 Å². The van der Waals surface area contributed by atoms with E-state index in [2.05, 4.69) is 24.4 Å². The van der Waals surface area contributed by atoms with E-state index >= 15 is 0 Å². The van der Waals surface area contributed by atoms with E-state index in [0.717, 1.165) is 6.42 Å². The van der Waals surface area contributed by atoms with Gasteiger partial charge in [0.25, 0.3) is 0 Å². The maximum absolute atomic E-state index is 8.95. The van der Waals surface area contributed by atoms with Gasteiger partial charge in [0, 0.05) is 16.9 Å². The second-order valence-electron chi connectivity index (χ2n) is 3.48. The Morgan fingerprint density at radius 2 is 2.64 bits per heavy atom. The fourth-order valence-corrected chi connectivity index (χ4v) is 2.60. The summed E-state index contributed by atoms with van der Waals surface area (Å²) in [5.41, 5.74) is 0.308. The predicted molar refractivity (Wildman–Crippen MR) is 46.9 cm³/mol. The Labute approximate surface area is 70.7 Å². The van der Waals surface area contributed by atoms with Crippen molar-refractivity contribution in [1.29, 1.82) is 0 Å². The van der Waals surface area contributed by atoms with Crippen molar-refractivity contribution in [3.8, 4) is 0 Å². The van der Waals surface area contributed by atoms with Crippen LogP contribution < -0.4 is 0 Å². The molecule has 1 fully saturated rings. The maximum atomic E-state index is 8.95. The molecule has 2 rings (SSSR count). The van der Waals surface area contributed by atoms with Crippen LogP contribution in [0, 0.1) is 5.92 Å². The summed E-state index contributed by atoms with van der Waals surface area (Å²) in [4.78, 5) is 1.43. The van der Waals surface area contributed by atoms with Gasteiger partial charge in [-0.2, -0.15) is 0 Å². The van der Waals surface area contributed by atoms with Crippen LogP contribution in [-0.2, 0) is 5.41 Å². The molecule has 1 aromatic rings. The first-order valence-electron chi connectivity index (χ1n) is 3.92. The van der Waals surface area contributed by atoms with Crippen LogP contribution in [0.15, 0.2) is 17.5 Å². The summed E-state index contributed by atoms with van der Waals surface area (Å²) in [6.45, 7) is 2.58. The van der Waals surface area contributed by atoms with E-state index in [0.29, 0.717) is 17.9 Å². The van der Waals surface area contributed by atoms with Gasteiger partial charge in [0.1, 0.15) is 0 Å². The van der Waals surface area contributed by atoms with E-state index in [1.807, 2.05) is 0 Å². The number of rotatable bonds is 2. The highest BCUT2D eigenvalue weighted by Crippen LogP contribution is 2.54. The zero-order valence-corrected chi connectivity index (χ0v) is 7.40. The van der Waals surface area contributed by atoms with Crippen LogP contribution in [-0.4, -0.2) is 11.7 Å². The second kappa shape index (κ2) is 2.32. The largest absolute Gasteiger partial charge is 0.396 e. The molecule has 0 aliphatic heterocycles. The van der Waals surface area contributed by atoms with E-state index in [4.69, 9.17) is 5.11 Å². The first kappa shape index (κ1) is 7.32. The van der Waals surface area contributed by atoms with Gasteiger partial charge in [-0.15, -0.1) is 11.3 Å². The van der Waals surface area contributed by atoms with Crippen LogP contribution in [0.25, 0.3) is 0 Å². The second-order valence-corrected chi connectivity index (χ2v) is 4.43. The molecule has 1 saturated carbocycles. The molecule has 0 unspecified atom stereocenters. The zero-order valence-electron chi connectivity index (χ0n) is 6.58. The van der Waals surface area contributed by atoms with Crippen molar-refractivity contribution < 1.29 is 5.11 Å². The van der Waals surface area contributed by atoms with Crippen molar-refractivity contribution in [1.82, 2.24) is 0 Å². The van der Waals surface area contributed by atoms with Gasteiger partial charge in [-0.3, -0.25) is 0 Å². The Hall–Kier alpha value is -0.340. The highest BCUT2D eigenvalue weighted by molar-refractivity contribution is 7.10.